The third-order valence-corrected chi connectivity index (χ3v) is 4.11. The third-order valence-electron chi connectivity index (χ3n) is 4.11. The number of hydrogen-bond acceptors (Lipinski definition) is 5. The van der Waals surface area contributed by atoms with Crippen LogP contribution in [0, 0.1) is 5.92 Å². The molecule has 2 aromatic heterocycles. The van der Waals surface area contributed by atoms with E-state index < -0.39 is 17.4 Å². The lowest BCUT2D eigenvalue weighted by Gasteiger charge is -2.32. The zero-order valence-electron chi connectivity index (χ0n) is 12.8. The molecule has 0 unspecified atom stereocenters. The fraction of sp³-hybridized carbons (Fsp3) is 0.467. The quantitative estimate of drug-likeness (QED) is 0.855. The number of halogens is 3. The van der Waals surface area contributed by atoms with Gasteiger partial charge in [-0.05, 0) is 18.8 Å². The molecule has 3 heterocycles. The van der Waals surface area contributed by atoms with Crippen LogP contribution in [0.3, 0.4) is 0 Å². The Morgan fingerprint density at radius 3 is 2.50 bits per heavy atom. The zero-order valence-corrected chi connectivity index (χ0v) is 12.8. The van der Waals surface area contributed by atoms with Crippen molar-refractivity contribution in [3.63, 3.8) is 0 Å². The second kappa shape index (κ2) is 6.58. The van der Waals surface area contributed by atoms with Gasteiger partial charge in [0.15, 0.2) is 5.69 Å². The molecule has 0 N–H and O–H groups in total. The molecular weight excluding hydrogens is 323 g/mol. The second-order valence-corrected chi connectivity index (χ2v) is 5.76. The molecule has 2 aromatic rings. The Kier molecular flexibility index (Phi) is 4.50. The fourth-order valence-corrected chi connectivity index (χ4v) is 2.80. The maximum atomic E-state index is 12.5. The second-order valence-electron chi connectivity index (χ2n) is 5.76. The van der Waals surface area contributed by atoms with Crippen molar-refractivity contribution in [3.8, 4) is 0 Å². The topological polar surface area (TPSA) is 63.9 Å². The lowest BCUT2D eigenvalue weighted by molar-refractivity contribution is -0.141. The van der Waals surface area contributed by atoms with Crippen molar-refractivity contribution in [3.05, 3.63) is 47.0 Å². The maximum absolute atomic E-state index is 12.5. The van der Waals surface area contributed by atoms with E-state index in [4.69, 9.17) is 0 Å². The molecule has 0 spiro atoms. The molecule has 1 aliphatic rings. The highest BCUT2D eigenvalue weighted by molar-refractivity contribution is 5.35. The molecule has 1 aliphatic heterocycles. The van der Waals surface area contributed by atoms with Crippen molar-refractivity contribution in [1.82, 2.24) is 19.5 Å². The Balaban J connectivity index is 1.61. The predicted molar refractivity (Wildman–Crippen MR) is 80.5 cm³/mol. The number of hydrogen-bond donors (Lipinski definition) is 0. The molecule has 0 aliphatic carbocycles. The Labute approximate surface area is 136 Å². The molecule has 1 saturated heterocycles. The van der Waals surface area contributed by atoms with E-state index in [0.717, 1.165) is 38.1 Å². The first-order valence-corrected chi connectivity index (χ1v) is 7.58. The summed E-state index contributed by atoms with van der Waals surface area (Å²) in [5.41, 5.74) is -1.82. The van der Waals surface area contributed by atoms with E-state index in [-0.39, 0.29) is 5.92 Å². The minimum absolute atomic E-state index is 0.217. The molecule has 9 heteroatoms. The van der Waals surface area contributed by atoms with Gasteiger partial charge in [-0.2, -0.15) is 13.2 Å². The van der Waals surface area contributed by atoms with Crippen LogP contribution in [-0.4, -0.2) is 32.6 Å². The van der Waals surface area contributed by atoms with Crippen molar-refractivity contribution in [2.45, 2.75) is 25.6 Å². The number of rotatable bonds is 3. The summed E-state index contributed by atoms with van der Waals surface area (Å²) in [5.74, 6) is 1.03. The lowest BCUT2D eigenvalue weighted by Crippen LogP contribution is -2.37. The van der Waals surface area contributed by atoms with Gasteiger partial charge in [0.25, 0.3) is 5.56 Å². The van der Waals surface area contributed by atoms with Gasteiger partial charge in [-0.15, -0.1) is 0 Å². The van der Waals surface area contributed by atoms with Crippen LogP contribution in [0.15, 0.2) is 35.8 Å². The van der Waals surface area contributed by atoms with E-state index in [1.807, 2.05) is 0 Å². The summed E-state index contributed by atoms with van der Waals surface area (Å²) >= 11 is 0. The van der Waals surface area contributed by atoms with E-state index in [9.17, 15) is 18.0 Å². The summed E-state index contributed by atoms with van der Waals surface area (Å²) in [4.78, 5) is 25.6. The van der Waals surface area contributed by atoms with Crippen molar-refractivity contribution in [1.29, 1.82) is 0 Å². The summed E-state index contributed by atoms with van der Waals surface area (Å²) in [5, 5.41) is 0. The van der Waals surface area contributed by atoms with Crippen molar-refractivity contribution in [2.24, 2.45) is 5.92 Å². The highest BCUT2D eigenvalue weighted by Crippen LogP contribution is 2.26. The Hall–Kier alpha value is -2.45. The van der Waals surface area contributed by atoms with Gasteiger partial charge in [-0.3, -0.25) is 14.3 Å². The first kappa shape index (κ1) is 16.4. The van der Waals surface area contributed by atoms with Crippen LogP contribution in [0.4, 0.5) is 19.0 Å². The molecule has 0 atom stereocenters. The van der Waals surface area contributed by atoms with Crippen LogP contribution in [-0.2, 0) is 12.7 Å². The molecule has 0 amide bonds. The van der Waals surface area contributed by atoms with Crippen molar-refractivity contribution in [2.75, 3.05) is 18.0 Å². The first-order valence-electron chi connectivity index (χ1n) is 7.58. The van der Waals surface area contributed by atoms with Crippen molar-refractivity contribution < 1.29 is 13.2 Å². The van der Waals surface area contributed by atoms with Crippen LogP contribution in [0.25, 0.3) is 0 Å². The molecular formula is C15H16F3N5O. The summed E-state index contributed by atoms with van der Waals surface area (Å²) in [6.45, 7) is 1.91. The minimum atomic E-state index is -4.60. The average Bonchev–Trinajstić information content (AvgIpc) is 2.57. The van der Waals surface area contributed by atoms with Gasteiger partial charge < -0.3 is 4.90 Å². The van der Waals surface area contributed by atoms with Crippen LogP contribution in [0.2, 0.25) is 0 Å². The molecule has 0 saturated carbocycles. The van der Waals surface area contributed by atoms with Crippen LogP contribution >= 0.6 is 0 Å². The molecule has 24 heavy (non-hydrogen) atoms. The zero-order chi connectivity index (χ0) is 17.2. The van der Waals surface area contributed by atoms with Gasteiger partial charge in [0.1, 0.15) is 5.82 Å². The molecule has 0 aromatic carbocycles. The van der Waals surface area contributed by atoms with Gasteiger partial charge in [0.05, 0.1) is 12.5 Å². The summed E-state index contributed by atoms with van der Waals surface area (Å²) in [7, 11) is 0. The van der Waals surface area contributed by atoms with Gasteiger partial charge in [-0.1, -0.05) is 0 Å². The van der Waals surface area contributed by atoms with E-state index in [0.29, 0.717) is 12.6 Å². The SMILES string of the molecule is O=c1cc(C(F)(F)F)ncn1CC1CCN(c2cnccn2)CC1. The normalized spacial score (nSPS) is 16.4. The number of aromatic nitrogens is 4. The highest BCUT2D eigenvalue weighted by Gasteiger charge is 2.33. The first-order chi connectivity index (χ1) is 11.4. The average molecular weight is 339 g/mol. The van der Waals surface area contributed by atoms with E-state index >= 15 is 0 Å². The number of piperidine rings is 1. The molecule has 1 fully saturated rings. The van der Waals surface area contributed by atoms with Gasteiger partial charge in [0.2, 0.25) is 0 Å². The van der Waals surface area contributed by atoms with Crippen molar-refractivity contribution >= 4 is 5.82 Å². The number of nitrogens with zero attached hydrogens (tertiary/aromatic N) is 5. The van der Waals surface area contributed by atoms with Crippen LogP contribution in [0.5, 0.6) is 0 Å². The monoisotopic (exact) mass is 339 g/mol. The predicted octanol–water partition coefficient (Wildman–Crippen LogP) is 1.97. The Morgan fingerprint density at radius 1 is 1.17 bits per heavy atom. The summed E-state index contributed by atoms with van der Waals surface area (Å²) in [6, 6.07) is 0.550. The molecule has 0 radical (unpaired) electrons. The number of anilines is 1. The maximum Gasteiger partial charge on any atom is 0.433 e. The van der Waals surface area contributed by atoms with Crippen LogP contribution < -0.4 is 10.5 Å². The van der Waals surface area contributed by atoms with E-state index in [1.165, 1.54) is 4.57 Å². The standard InChI is InChI=1S/C15H16F3N5O/c16-15(17,18)12-7-14(24)23(10-21-12)9-11-1-5-22(6-2-11)13-8-19-3-4-20-13/h3-4,7-8,10-11H,1-2,5-6,9H2. The smallest absolute Gasteiger partial charge is 0.355 e. The van der Waals surface area contributed by atoms with Gasteiger partial charge in [0, 0.05) is 38.1 Å². The largest absolute Gasteiger partial charge is 0.433 e. The highest BCUT2D eigenvalue weighted by atomic mass is 19.4. The molecule has 3 rings (SSSR count). The van der Waals surface area contributed by atoms with E-state index in [1.54, 1.807) is 18.6 Å². The molecule has 6 nitrogen and oxygen atoms in total. The lowest BCUT2D eigenvalue weighted by atomic mass is 9.97. The summed E-state index contributed by atoms with van der Waals surface area (Å²) in [6.07, 6.45) is 2.98. The Bertz CT molecular complexity index is 739. The number of alkyl halides is 3. The molecule has 0 bridgehead atoms. The third kappa shape index (κ3) is 3.72. The van der Waals surface area contributed by atoms with Gasteiger partial charge in [-0.25, -0.2) is 9.97 Å². The van der Waals surface area contributed by atoms with Crippen LogP contribution in [0.1, 0.15) is 18.5 Å². The fourth-order valence-electron chi connectivity index (χ4n) is 2.80. The Morgan fingerprint density at radius 2 is 1.92 bits per heavy atom. The van der Waals surface area contributed by atoms with E-state index in [2.05, 4.69) is 19.9 Å². The van der Waals surface area contributed by atoms with Gasteiger partial charge >= 0.3 is 6.18 Å². The minimum Gasteiger partial charge on any atom is -0.355 e. The molecule has 128 valence electrons. The summed E-state index contributed by atoms with van der Waals surface area (Å²) < 4.78 is 38.9.